The third-order valence-electron chi connectivity index (χ3n) is 3.03. The van der Waals surface area contributed by atoms with Crippen LogP contribution in [0.5, 0.6) is 0 Å². The molecule has 134 valence electrons. The molecule has 0 atom stereocenters. The number of benzene rings is 1. The van der Waals surface area contributed by atoms with Crippen LogP contribution < -0.4 is 10.6 Å². The molecule has 0 radical (unpaired) electrons. The fourth-order valence-corrected chi connectivity index (χ4v) is 2.05. The van der Waals surface area contributed by atoms with Crippen LogP contribution in [0.1, 0.15) is 15.9 Å². The molecular formula is C15H14ClF3N4O2. The number of alkyl halides is 3. The van der Waals surface area contributed by atoms with Crippen molar-refractivity contribution in [3.05, 3.63) is 46.7 Å². The molecule has 2 aromatic rings. The summed E-state index contributed by atoms with van der Waals surface area (Å²) in [5.41, 5.74) is -0.629. The minimum atomic E-state index is -4.57. The van der Waals surface area contributed by atoms with Crippen molar-refractivity contribution in [2.75, 3.05) is 25.6 Å². The number of nitrogens with zero attached hydrogens (tertiary/aromatic N) is 2. The Bertz CT molecular complexity index is 739. The standard InChI is InChI=1S/C15H14ClF3N4O2/c1-25-5-4-20-13(24)9-7-21-14(22-8-9)23-10-2-3-12(16)11(6-10)15(17,18)19/h2-3,6-8H,4-5H2,1H3,(H,20,24)(H,21,22,23). The lowest BCUT2D eigenvalue weighted by molar-refractivity contribution is -0.137. The fourth-order valence-electron chi connectivity index (χ4n) is 1.83. The molecule has 0 aliphatic heterocycles. The minimum Gasteiger partial charge on any atom is -0.383 e. The molecule has 0 spiro atoms. The number of methoxy groups -OCH3 is 1. The predicted molar refractivity (Wildman–Crippen MR) is 86.0 cm³/mol. The van der Waals surface area contributed by atoms with Gasteiger partial charge in [-0.25, -0.2) is 9.97 Å². The first-order valence-corrected chi connectivity index (χ1v) is 7.42. The lowest BCUT2D eigenvalue weighted by Crippen LogP contribution is -2.27. The highest BCUT2D eigenvalue weighted by atomic mass is 35.5. The number of halogens is 4. The number of hydrogen-bond acceptors (Lipinski definition) is 5. The minimum absolute atomic E-state index is 0.0453. The summed E-state index contributed by atoms with van der Waals surface area (Å²) in [4.78, 5) is 19.6. The van der Waals surface area contributed by atoms with Gasteiger partial charge in [-0.1, -0.05) is 11.6 Å². The Kier molecular flexibility index (Phi) is 6.16. The van der Waals surface area contributed by atoms with Gasteiger partial charge in [-0.05, 0) is 18.2 Å². The maximum Gasteiger partial charge on any atom is 0.417 e. The van der Waals surface area contributed by atoms with Crippen molar-refractivity contribution in [3.63, 3.8) is 0 Å². The molecule has 0 bridgehead atoms. The van der Waals surface area contributed by atoms with Crippen LogP contribution in [-0.2, 0) is 10.9 Å². The molecule has 2 N–H and O–H groups in total. The Labute approximate surface area is 146 Å². The highest BCUT2D eigenvalue weighted by Crippen LogP contribution is 2.36. The number of carbonyl (C=O) groups is 1. The zero-order valence-electron chi connectivity index (χ0n) is 13.0. The Hall–Kier alpha value is -2.39. The normalized spacial score (nSPS) is 11.2. The number of nitrogens with one attached hydrogen (secondary N) is 2. The number of anilines is 2. The summed E-state index contributed by atoms with van der Waals surface area (Å²) in [5.74, 6) is -0.335. The Balaban J connectivity index is 2.08. The van der Waals surface area contributed by atoms with Crippen molar-refractivity contribution in [2.24, 2.45) is 0 Å². The number of carbonyl (C=O) groups excluding carboxylic acids is 1. The van der Waals surface area contributed by atoms with E-state index in [0.717, 1.165) is 12.1 Å². The molecule has 0 unspecified atom stereocenters. The van der Waals surface area contributed by atoms with E-state index >= 15 is 0 Å². The lowest BCUT2D eigenvalue weighted by Gasteiger charge is -2.11. The Morgan fingerprint density at radius 3 is 2.56 bits per heavy atom. The molecule has 2 rings (SSSR count). The number of aromatic nitrogens is 2. The van der Waals surface area contributed by atoms with Crippen LogP contribution in [0.4, 0.5) is 24.8 Å². The molecule has 1 aromatic heterocycles. The molecular weight excluding hydrogens is 361 g/mol. The van der Waals surface area contributed by atoms with Crippen LogP contribution in [0.2, 0.25) is 5.02 Å². The van der Waals surface area contributed by atoms with E-state index in [0.29, 0.717) is 13.2 Å². The molecule has 0 saturated carbocycles. The van der Waals surface area contributed by atoms with Gasteiger partial charge in [0.05, 0.1) is 22.8 Å². The highest BCUT2D eigenvalue weighted by molar-refractivity contribution is 6.31. The van der Waals surface area contributed by atoms with Crippen LogP contribution in [0, 0.1) is 0 Å². The third kappa shape index (κ3) is 5.30. The largest absolute Gasteiger partial charge is 0.417 e. The SMILES string of the molecule is COCCNC(=O)c1cnc(Nc2ccc(Cl)c(C(F)(F)F)c2)nc1. The Morgan fingerprint density at radius 2 is 1.96 bits per heavy atom. The predicted octanol–water partition coefficient (Wildman–Crippen LogP) is 3.27. The van der Waals surface area contributed by atoms with Crippen molar-refractivity contribution < 1.29 is 22.7 Å². The summed E-state index contributed by atoms with van der Waals surface area (Å²) >= 11 is 5.56. The van der Waals surface area contributed by atoms with E-state index in [2.05, 4.69) is 20.6 Å². The van der Waals surface area contributed by atoms with Gasteiger partial charge >= 0.3 is 6.18 Å². The smallest absolute Gasteiger partial charge is 0.383 e. The molecule has 10 heteroatoms. The summed E-state index contributed by atoms with van der Waals surface area (Å²) in [7, 11) is 1.51. The monoisotopic (exact) mass is 374 g/mol. The third-order valence-corrected chi connectivity index (χ3v) is 3.36. The molecule has 0 saturated heterocycles. The first-order chi connectivity index (χ1) is 11.8. The maximum absolute atomic E-state index is 12.8. The summed E-state index contributed by atoms with van der Waals surface area (Å²) < 4.78 is 43.3. The van der Waals surface area contributed by atoms with Crippen molar-refractivity contribution in [1.82, 2.24) is 15.3 Å². The van der Waals surface area contributed by atoms with E-state index in [1.54, 1.807) is 0 Å². The molecule has 1 aromatic carbocycles. The van der Waals surface area contributed by atoms with Gasteiger partial charge in [-0.15, -0.1) is 0 Å². The van der Waals surface area contributed by atoms with E-state index in [-0.39, 0.29) is 23.1 Å². The lowest BCUT2D eigenvalue weighted by atomic mass is 10.2. The molecule has 1 amide bonds. The average Bonchev–Trinajstić information content (AvgIpc) is 2.56. The zero-order chi connectivity index (χ0) is 18.4. The van der Waals surface area contributed by atoms with Crippen LogP contribution in [0.3, 0.4) is 0 Å². The van der Waals surface area contributed by atoms with Gasteiger partial charge in [0.1, 0.15) is 0 Å². The van der Waals surface area contributed by atoms with E-state index in [1.165, 1.54) is 25.6 Å². The quantitative estimate of drug-likeness (QED) is 0.759. The highest BCUT2D eigenvalue weighted by Gasteiger charge is 2.33. The fraction of sp³-hybridized carbons (Fsp3) is 0.267. The molecule has 0 aliphatic carbocycles. The van der Waals surface area contributed by atoms with Crippen LogP contribution in [0.15, 0.2) is 30.6 Å². The van der Waals surface area contributed by atoms with E-state index in [9.17, 15) is 18.0 Å². The number of ether oxygens (including phenoxy) is 1. The van der Waals surface area contributed by atoms with Crippen molar-refractivity contribution in [3.8, 4) is 0 Å². The van der Waals surface area contributed by atoms with E-state index in [1.807, 2.05) is 0 Å². The van der Waals surface area contributed by atoms with Gasteiger partial charge in [0, 0.05) is 31.7 Å². The first kappa shape index (κ1) is 18.9. The molecule has 0 aliphatic rings. The molecule has 0 fully saturated rings. The molecule has 25 heavy (non-hydrogen) atoms. The Morgan fingerprint density at radius 1 is 1.28 bits per heavy atom. The summed E-state index contributed by atoms with van der Waals surface area (Å²) in [6.07, 6.45) is -2.05. The van der Waals surface area contributed by atoms with Gasteiger partial charge < -0.3 is 15.4 Å². The van der Waals surface area contributed by atoms with E-state index < -0.39 is 16.8 Å². The second-order valence-corrected chi connectivity index (χ2v) is 5.27. The summed E-state index contributed by atoms with van der Waals surface area (Å²) in [5, 5.41) is 4.82. The summed E-state index contributed by atoms with van der Waals surface area (Å²) in [6.45, 7) is 0.699. The zero-order valence-corrected chi connectivity index (χ0v) is 13.8. The van der Waals surface area contributed by atoms with Crippen molar-refractivity contribution in [1.29, 1.82) is 0 Å². The first-order valence-electron chi connectivity index (χ1n) is 7.04. The van der Waals surface area contributed by atoms with Gasteiger partial charge in [0.2, 0.25) is 5.95 Å². The van der Waals surface area contributed by atoms with Crippen LogP contribution in [-0.4, -0.2) is 36.1 Å². The van der Waals surface area contributed by atoms with Gasteiger partial charge in [0.15, 0.2) is 0 Å². The average molecular weight is 375 g/mol. The van der Waals surface area contributed by atoms with Crippen molar-refractivity contribution >= 4 is 29.1 Å². The van der Waals surface area contributed by atoms with Crippen LogP contribution >= 0.6 is 11.6 Å². The second-order valence-electron chi connectivity index (χ2n) is 4.86. The van der Waals surface area contributed by atoms with Gasteiger partial charge in [-0.3, -0.25) is 4.79 Å². The molecule has 6 nitrogen and oxygen atoms in total. The van der Waals surface area contributed by atoms with Crippen LogP contribution in [0.25, 0.3) is 0 Å². The van der Waals surface area contributed by atoms with Gasteiger partial charge in [-0.2, -0.15) is 13.2 Å². The molecule has 1 heterocycles. The number of rotatable bonds is 6. The topological polar surface area (TPSA) is 76.1 Å². The van der Waals surface area contributed by atoms with Crippen molar-refractivity contribution in [2.45, 2.75) is 6.18 Å². The summed E-state index contributed by atoms with van der Waals surface area (Å²) in [6, 6.07) is 3.35. The maximum atomic E-state index is 12.8. The second kappa shape index (κ2) is 8.13. The number of hydrogen-bond donors (Lipinski definition) is 2. The van der Waals surface area contributed by atoms with E-state index in [4.69, 9.17) is 16.3 Å². The number of amides is 1. The van der Waals surface area contributed by atoms with Gasteiger partial charge in [0.25, 0.3) is 5.91 Å².